The van der Waals surface area contributed by atoms with E-state index in [9.17, 15) is 9.59 Å². The van der Waals surface area contributed by atoms with Gasteiger partial charge in [-0.3, -0.25) is 9.59 Å². The van der Waals surface area contributed by atoms with E-state index in [4.69, 9.17) is 27.9 Å². The lowest BCUT2D eigenvalue weighted by Crippen LogP contribution is -2.16. The fraction of sp³-hybridized carbons (Fsp3) is 0.667. The van der Waals surface area contributed by atoms with Crippen molar-refractivity contribution in [1.82, 2.24) is 0 Å². The average Bonchev–Trinajstić information content (AvgIpc) is 1.84. The lowest BCUT2D eigenvalue weighted by molar-refractivity contribution is -0.116. The number of hydrogen-bond donors (Lipinski definition) is 0. The van der Waals surface area contributed by atoms with Crippen LogP contribution in [-0.2, 0) is 14.3 Å². The largest absolute Gasteiger partial charge is 0.380 e. The molecule has 0 saturated carbocycles. The first-order valence-corrected chi connectivity index (χ1v) is 3.71. The predicted octanol–water partition coefficient (Wildman–Crippen LogP) is 1.31. The van der Waals surface area contributed by atoms with Crippen molar-refractivity contribution >= 4 is 33.7 Å². The van der Waals surface area contributed by atoms with Crippen molar-refractivity contribution in [1.29, 1.82) is 0 Å². The summed E-state index contributed by atoms with van der Waals surface area (Å²) in [6.45, 7) is 0. The van der Waals surface area contributed by atoms with Crippen molar-refractivity contribution in [3.63, 3.8) is 0 Å². The zero-order valence-corrected chi connectivity index (χ0v) is 7.48. The van der Waals surface area contributed by atoms with Crippen LogP contribution in [0.1, 0.15) is 12.8 Å². The molecule has 0 aromatic heterocycles. The maximum atomic E-state index is 10.3. The number of hydrogen-bond acceptors (Lipinski definition) is 3. The second kappa shape index (κ2) is 5.52. The maximum Gasteiger partial charge on any atom is 0.224 e. The number of carbonyl (C=O) groups excluding carboxylic acids is 2. The van der Waals surface area contributed by atoms with Gasteiger partial charge in [0.1, 0.15) is 0 Å². The van der Waals surface area contributed by atoms with E-state index >= 15 is 0 Å². The molecule has 5 heteroatoms. The average molecular weight is 199 g/mol. The zero-order valence-electron chi connectivity index (χ0n) is 5.97. The third-order valence-corrected chi connectivity index (χ3v) is 1.42. The van der Waals surface area contributed by atoms with Crippen LogP contribution in [0.4, 0.5) is 0 Å². The van der Waals surface area contributed by atoms with Gasteiger partial charge < -0.3 is 4.74 Å². The number of carbonyl (C=O) groups is 2. The Bertz CT molecular complexity index is 142. The molecule has 0 fully saturated rings. The standard InChI is InChI=1S/C6H8Cl2O3/c1-11-4(2-5(7)9)3-6(8)10/h4H,2-3H2,1H3. The summed E-state index contributed by atoms with van der Waals surface area (Å²) >= 11 is 10.1. The highest BCUT2D eigenvalue weighted by molar-refractivity contribution is 6.64. The van der Waals surface area contributed by atoms with Crippen LogP contribution in [-0.4, -0.2) is 23.7 Å². The molecule has 0 spiro atoms. The number of methoxy groups -OCH3 is 1. The first kappa shape index (κ1) is 10.9. The van der Waals surface area contributed by atoms with Gasteiger partial charge >= 0.3 is 0 Å². The SMILES string of the molecule is COC(CC(=O)Cl)CC(=O)Cl. The zero-order chi connectivity index (χ0) is 8.85. The van der Waals surface area contributed by atoms with Crippen LogP contribution in [0, 0.1) is 0 Å². The summed E-state index contributed by atoms with van der Waals surface area (Å²) in [7, 11) is 1.39. The second-order valence-corrected chi connectivity index (χ2v) is 2.82. The second-order valence-electron chi connectivity index (χ2n) is 1.98. The molecule has 0 saturated heterocycles. The molecule has 64 valence electrons. The Balaban J connectivity index is 3.76. The number of halogens is 2. The Hall–Kier alpha value is -0.120. The Morgan fingerprint density at radius 1 is 1.27 bits per heavy atom. The molecule has 0 aliphatic carbocycles. The molecule has 0 aliphatic rings. The lowest BCUT2D eigenvalue weighted by Gasteiger charge is -2.08. The van der Waals surface area contributed by atoms with E-state index in [-0.39, 0.29) is 12.8 Å². The topological polar surface area (TPSA) is 43.4 Å². The van der Waals surface area contributed by atoms with E-state index in [1.54, 1.807) is 0 Å². The highest BCUT2D eigenvalue weighted by Gasteiger charge is 2.14. The van der Waals surface area contributed by atoms with Crippen LogP contribution in [0.3, 0.4) is 0 Å². The van der Waals surface area contributed by atoms with Crippen molar-refractivity contribution in [2.24, 2.45) is 0 Å². The summed E-state index contributed by atoms with van der Waals surface area (Å²) < 4.78 is 4.76. The van der Waals surface area contributed by atoms with Gasteiger partial charge in [0.15, 0.2) is 0 Å². The molecular weight excluding hydrogens is 191 g/mol. The predicted molar refractivity (Wildman–Crippen MR) is 41.8 cm³/mol. The van der Waals surface area contributed by atoms with Gasteiger partial charge in [-0.2, -0.15) is 0 Å². The fourth-order valence-corrected chi connectivity index (χ4v) is 0.941. The Morgan fingerprint density at radius 3 is 1.82 bits per heavy atom. The summed E-state index contributed by atoms with van der Waals surface area (Å²) in [5.74, 6) is 0. The van der Waals surface area contributed by atoms with E-state index < -0.39 is 16.6 Å². The molecule has 0 rings (SSSR count). The lowest BCUT2D eigenvalue weighted by atomic mass is 10.2. The van der Waals surface area contributed by atoms with E-state index in [1.807, 2.05) is 0 Å². The van der Waals surface area contributed by atoms with Gasteiger partial charge in [-0.1, -0.05) is 0 Å². The summed E-state index contributed by atoms with van der Waals surface area (Å²) in [5, 5.41) is -1.07. The van der Waals surface area contributed by atoms with Crippen LogP contribution < -0.4 is 0 Å². The van der Waals surface area contributed by atoms with Crippen molar-refractivity contribution in [2.45, 2.75) is 18.9 Å². The quantitative estimate of drug-likeness (QED) is 0.627. The van der Waals surface area contributed by atoms with Gasteiger partial charge in [-0.15, -0.1) is 0 Å². The van der Waals surface area contributed by atoms with Crippen LogP contribution in [0.5, 0.6) is 0 Å². The Kier molecular flexibility index (Phi) is 5.46. The molecule has 0 radical (unpaired) electrons. The molecule has 0 aliphatic heterocycles. The molecule has 0 atom stereocenters. The summed E-state index contributed by atoms with van der Waals surface area (Å²) in [6.07, 6.45) is -0.475. The molecule has 0 amide bonds. The van der Waals surface area contributed by atoms with E-state index in [2.05, 4.69) is 0 Å². The Labute approximate surface area is 74.6 Å². The molecule has 3 nitrogen and oxygen atoms in total. The monoisotopic (exact) mass is 198 g/mol. The summed E-state index contributed by atoms with van der Waals surface area (Å²) in [5.41, 5.74) is 0. The van der Waals surface area contributed by atoms with Gasteiger partial charge in [0.25, 0.3) is 0 Å². The van der Waals surface area contributed by atoms with Gasteiger partial charge in [-0.05, 0) is 23.2 Å². The van der Waals surface area contributed by atoms with Gasteiger partial charge in [-0.25, -0.2) is 0 Å². The van der Waals surface area contributed by atoms with Crippen molar-refractivity contribution < 1.29 is 14.3 Å². The molecule has 0 bridgehead atoms. The van der Waals surface area contributed by atoms with Crippen LogP contribution in [0.25, 0.3) is 0 Å². The minimum Gasteiger partial charge on any atom is -0.380 e. The van der Waals surface area contributed by atoms with E-state index in [0.717, 1.165) is 0 Å². The minimum atomic E-state index is -0.533. The van der Waals surface area contributed by atoms with E-state index in [1.165, 1.54) is 7.11 Å². The first-order valence-electron chi connectivity index (χ1n) is 2.95. The molecule has 0 aromatic rings. The van der Waals surface area contributed by atoms with Crippen LogP contribution >= 0.6 is 23.2 Å². The molecular formula is C6H8Cl2O3. The highest BCUT2D eigenvalue weighted by Crippen LogP contribution is 2.07. The Morgan fingerprint density at radius 2 is 1.64 bits per heavy atom. The summed E-state index contributed by atoms with van der Waals surface area (Å²) in [6, 6.07) is 0. The van der Waals surface area contributed by atoms with Gasteiger partial charge in [0.05, 0.1) is 6.10 Å². The molecule has 0 aromatic carbocycles. The van der Waals surface area contributed by atoms with Gasteiger partial charge in [0, 0.05) is 20.0 Å². The maximum absolute atomic E-state index is 10.3. The third kappa shape index (κ3) is 6.28. The van der Waals surface area contributed by atoms with Crippen molar-refractivity contribution in [3.8, 4) is 0 Å². The minimum absolute atomic E-state index is 0.0104. The van der Waals surface area contributed by atoms with Crippen LogP contribution in [0.15, 0.2) is 0 Å². The molecule has 11 heavy (non-hydrogen) atoms. The van der Waals surface area contributed by atoms with Crippen LogP contribution in [0.2, 0.25) is 0 Å². The van der Waals surface area contributed by atoms with Gasteiger partial charge in [0.2, 0.25) is 10.5 Å². The molecule has 0 heterocycles. The third-order valence-electron chi connectivity index (χ3n) is 1.11. The smallest absolute Gasteiger partial charge is 0.224 e. The van der Waals surface area contributed by atoms with E-state index in [0.29, 0.717) is 0 Å². The normalized spacial score (nSPS) is 10.2. The van der Waals surface area contributed by atoms with Crippen molar-refractivity contribution in [3.05, 3.63) is 0 Å². The molecule has 0 unspecified atom stereocenters. The number of rotatable bonds is 5. The summed E-state index contributed by atoms with van der Waals surface area (Å²) in [4.78, 5) is 20.7. The van der Waals surface area contributed by atoms with Crippen molar-refractivity contribution in [2.75, 3.05) is 7.11 Å². The molecule has 0 N–H and O–H groups in total. The fourth-order valence-electron chi connectivity index (χ4n) is 0.597. The highest BCUT2D eigenvalue weighted by atomic mass is 35.5. The number of ether oxygens (including phenoxy) is 1. The first-order chi connectivity index (χ1) is 5.06.